The maximum Gasteiger partial charge on any atom is 0.322 e. The summed E-state index contributed by atoms with van der Waals surface area (Å²) < 4.78 is 27.4. The number of nitrogens with one attached hydrogen (secondary N) is 2. The second-order valence-electron chi connectivity index (χ2n) is 5.65. The number of sulfonamides is 1. The fourth-order valence-corrected chi connectivity index (χ4v) is 4.59. The molecule has 1 heterocycles. The second-order valence-corrected chi connectivity index (χ2v) is 8.18. The Balaban J connectivity index is 1.91. The number of carboxylic acid groups (broad SMARTS) is 1. The highest BCUT2D eigenvalue weighted by Crippen LogP contribution is 2.26. The summed E-state index contributed by atoms with van der Waals surface area (Å²) in [7, 11) is -4.17. The molecule has 136 valence electrons. The molecule has 3 rings (SSSR count). The van der Waals surface area contributed by atoms with Gasteiger partial charge in [0.25, 0.3) is 0 Å². The third-order valence-corrected chi connectivity index (χ3v) is 6.07. The Kier molecular flexibility index (Phi) is 5.24. The van der Waals surface area contributed by atoms with E-state index in [0.717, 1.165) is 10.9 Å². The van der Waals surface area contributed by atoms with Gasteiger partial charge in [-0.25, -0.2) is 8.42 Å². The van der Waals surface area contributed by atoms with Gasteiger partial charge in [0.1, 0.15) is 10.9 Å². The van der Waals surface area contributed by atoms with Crippen molar-refractivity contribution < 1.29 is 18.3 Å². The van der Waals surface area contributed by atoms with Crippen LogP contribution < -0.4 is 4.72 Å². The van der Waals surface area contributed by atoms with Crippen LogP contribution in [0.1, 0.15) is 5.56 Å². The molecule has 1 atom stereocenters. The van der Waals surface area contributed by atoms with Gasteiger partial charge in [0.2, 0.25) is 10.0 Å². The zero-order valence-corrected chi connectivity index (χ0v) is 15.6. The number of aromatic nitrogens is 1. The summed E-state index contributed by atoms with van der Waals surface area (Å²) in [4.78, 5) is 14.4. The lowest BCUT2D eigenvalue weighted by molar-refractivity contribution is -0.138. The summed E-state index contributed by atoms with van der Waals surface area (Å²) in [6.07, 6.45) is 1.64. The number of aromatic amines is 1. The molecule has 2 aromatic carbocycles. The quantitative estimate of drug-likeness (QED) is 0.577. The highest BCUT2D eigenvalue weighted by Gasteiger charge is 2.28. The molecule has 1 aromatic heterocycles. The molecule has 0 aliphatic rings. The number of carboxylic acids is 1. The number of H-pyrrole nitrogens is 1. The van der Waals surface area contributed by atoms with Gasteiger partial charge in [-0.3, -0.25) is 4.79 Å². The maximum atomic E-state index is 12.6. The first-order chi connectivity index (χ1) is 12.3. The van der Waals surface area contributed by atoms with Gasteiger partial charge in [-0.1, -0.05) is 41.4 Å². The lowest BCUT2D eigenvalue weighted by atomic mass is 10.1. The fourth-order valence-electron chi connectivity index (χ4n) is 2.63. The number of fused-ring (bicyclic) bond motifs is 1. The largest absolute Gasteiger partial charge is 0.480 e. The molecule has 0 aliphatic carbocycles. The minimum absolute atomic E-state index is 0.0310. The van der Waals surface area contributed by atoms with Gasteiger partial charge < -0.3 is 10.1 Å². The highest BCUT2D eigenvalue weighted by atomic mass is 35.5. The number of hydrogen-bond donors (Lipinski definition) is 3. The molecule has 0 aliphatic heterocycles. The number of rotatable bonds is 6. The number of carbonyl (C=O) groups is 1. The van der Waals surface area contributed by atoms with E-state index in [4.69, 9.17) is 23.2 Å². The van der Waals surface area contributed by atoms with Gasteiger partial charge in [-0.2, -0.15) is 4.72 Å². The number of benzene rings is 2. The highest BCUT2D eigenvalue weighted by molar-refractivity contribution is 7.89. The van der Waals surface area contributed by atoms with E-state index in [0.29, 0.717) is 5.56 Å². The van der Waals surface area contributed by atoms with Crippen molar-refractivity contribution in [1.29, 1.82) is 0 Å². The lowest BCUT2D eigenvalue weighted by Gasteiger charge is -2.15. The van der Waals surface area contributed by atoms with Gasteiger partial charge in [-0.15, -0.1) is 0 Å². The lowest BCUT2D eigenvalue weighted by Crippen LogP contribution is -2.42. The van der Waals surface area contributed by atoms with Crippen LogP contribution in [0.15, 0.2) is 53.6 Å². The van der Waals surface area contributed by atoms with Crippen LogP contribution in [0.2, 0.25) is 10.0 Å². The predicted molar refractivity (Wildman–Crippen MR) is 100 cm³/mol. The Hall–Kier alpha value is -2.06. The number of aliphatic carboxylic acids is 1. The van der Waals surface area contributed by atoms with Gasteiger partial charge in [-0.05, 0) is 29.8 Å². The zero-order chi connectivity index (χ0) is 18.9. The van der Waals surface area contributed by atoms with E-state index in [1.54, 1.807) is 6.20 Å². The molecule has 3 aromatic rings. The van der Waals surface area contributed by atoms with Gasteiger partial charge >= 0.3 is 5.97 Å². The van der Waals surface area contributed by atoms with Crippen molar-refractivity contribution >= 4 is 50.1 Å². The smallest absolute Gasteiger partial charge is 0.322 e. The van der Waals surface area contributed by atoms with Crippen LogP contribution >= 0.6 is 23.2 Å². The Labute approximate surface area is 159 Å². The summed E-state index contributed by atoms with van der Waals surface area (Å²) >= 11 is 11.8. The Morgan fingerprint density at radius 3 is 2.65 bits per heavy atom. The summed E-state index contributed by atoms with van der Waals surface area (Å²) in [6, 6.07) is 9.96. The number of halogens is 2. The molecule has 0 saturated heterocycles. The van der Waals surface area contributed by atoms with Crippen molar-refractivity contribution in [2.75, 3.05) is 0 Å². The average molecular weight is 413 g/mol. The van der Waals surface area contributed by atoms with E-state index in [1.807, 2.05) is 24.3 Å². The molecule has 6 nitrogen and oxygen atoms in total. The van der Waals surface area contributed by atoms with Crippen molar-refractivity contribution in [3.05, 3.63) is 64.3 Å². The van der Waals surface area contributed by atoms with Crippen LogP contribution in [0.3, 0.4) is 0 Å². The van der Waals surface area contributed by atoms with Crippen molar-refractivity contribution in [1.82, 2.24) is 9.71 Å². The Morgan fingerprint density at radius 2 is 1.92 bits per heavy atom. The first-order valence-corrected chi connectivity index (χ1v) is 9.77. The van der Waals surface area contributed by atoms with Crippen LogP contribution in [0.4, 0.5) is 0 Å². The first kappa shape index (κ1) is 18.7. The van der Waals surface area contributed by atoms with Crippen molar-refractivity contribution in [2.24, 2.45) is 0 Å². The average Bonchev–Trinajstić information content (AvgIpc) is 2.99. The molecule has 0 spiro atoms. The molecule has 0 amide bonds. The maximum absolute atomic E-state index is 12.6. The summed E-state index contributed by atoms with van der Waals surface area (Å²) in [5.41, 5.74) is 1.53. The fraction of sp³-hybridized carbons (Fsp3) is 0.118. The molecule has 9 heteroatoms. The number of hydrogen-bond acceptors (Lipinski definition) is 3. The topological polar surface area (TPSA) is 99.3 Å². The summed E-state index contributed by atoms with van der Waals surface area (Å²) in [5, 5.41) is 10.4. The second kappa shape index (κ2) is 7.28. The van der Waals surface area contributed by atoms with E-state index >= 15 is 0 Å². The van der Waals surface area contributed by atoms with Crippen LogP contribution in [0, 0.1) is 0 Å². The molecule has 0 unspecified atom stereocenters. The van der Waals surface area contributed by atoms with E-state index in [9.17, 15) is 18.3 Å². The van der Waals surface area contributed by atoms with Crippen molar-refractivity contribution in [3.63, 3.8) is 0 Å². The van der Waals surface area contributed by atoms with E-state index in [1.165, 1.54) is 18.2 Å². The predicted octanol–water partition coefficient (Wildman–Crippen LogP) is 3.45. The standard InChI is InChI=1S/C17H14Cl2N2O4S/c18-11-5-6-13(19)16(8-11)26(24,25)21-15(17(22)23)7-10-9-20-14-4-2-1-3-12(10)14/h1-6,8-9,15,20-21H,7H2,(H,22,23)/t15-/m1/s1. The van der Waals surface area contributed by atoms with Crippen LogP contribution in [-0.4, -0.2) is 30.5 Å². The molecule has 3 N–H and O–H groups in total. The minimum atomic E-state index is -4.17. The van der Waals surface area contributed by atoms with Gasteiger partial charge in [0.05, 0.1) is 5.02 Å². The Bertz CT molecular complexity index is 1080. The van der Waals surface area contributed by atoms with E-state index in [-0.39, 0.29) is 21.4 Å². The molecule has 0 radical (unpaired) electrons. The molecule has 0 fully saturated rings. The molecule has 26 heavy (non-hydrogen) atoms. The summed E-state index contributed by atoms with van der Waals surface area (Å²) in [5.74, 6) is -1.29. The molecular weight excluding hydrogens is 399 g/mol. The van der Waals surface area contributed by atoms with Gasteiger partial charge in [0.15, 0.2) is 0 Å². The zero-order valence-electron chi connectivity index (χ0n) is 13.2. The van der Waals surface area contributed by atoms with E-state index < -0.39 is 22.0 Å². The molecule has 0 bridgehead atoms. The third-order valence-electron chi connectivity index (χ3n) is 3.88. The molecule has 0 saturated carbocycles. The monoisotopic (exact) mass is 412 g/mol. The first-order valence-electron chi connectivity index (χ1n) is 7.53. The summed E-state index contributed by atoms with van der Waals surface area (Å²) in [6.45, 7) is 0. The number of para-hydroxylation sites is 1. The van der Waals surface area contributed by atoms with Crippen LogP contribution in [0.25, 0.3) is 10.9 Å². The Morgan fingerprint density at radius 1 is 1.19 bits per heavy atom. The van der Waals surface area contributed by atoms with Gasteiger partial charge in [0, 0.05) is 28.5 Å². The molecular formula is C17H14Cl2N2O4S. The third kappa shape index (κ3) is 3.86. The van der Waals surface area contributed by atoms with Crippen molar-refractivity contribution in [2.45, 2.75) is 17.4 Å². The minimum Gasteiger partial charge on any atom is -0.480 e. The SMILES string of the molecule is O=C(O)[C@@H](Cc1c[nH]c2ccccc12)NS(=O)(=O)c1cc(Cl)ccc1Cl. The van der Waals surface area contributed by atoms with E-state index in [2.05, 4.69) is 9.71 Å². The van der Waals surface area contributed by atoms with Crippen LogP contribution in [-0.2, 0) is 21.2 Å². The normalized spacial score (nSPS) is 13.0. The van der Waals surface area contributed by atoms with Crippen LogP contribution in [0.5, 0.6) is 0 Å². The van der Waals surface area contributed by atoms with Crippen molar-refractivity contribution in [3.8, 4) is 0 Å².